The molecule has 0 fully saturated rings. The Bertz CT molecular complexity index is 727. The van der Waals surface area contributed by atoms with Crippen molar-refractivity contribution in [1.29, 1.82) is 0 Å². The quantitative estimate of drug-likeness (QED) is 0.830. The minimum atomic E-state index is -0.191. The van der Waals surface area contributed by atoms with Crippen LogP contribution in [-0.4, -0.2) is 22.6 Å². The van der Waals surface area contributed by atoms with E-state index in [2.05, 4.69) is 22.1 Å². The molecule has 0 aliphatic carbocycles. The maximum absolute atomic E-state index is 12.2. The molecule has 106 valence electrons. The molecule has 0 radical (unpaired) electrons. The maximum atomic E-state index is 12.2. The minimum Gasteiger partial charge on any atom is -0.384 e. The summed E-state index contributed by atoms with van der Waals surface area (Å²) in [4.78, 5) is 16.2. The number of nitrogens with one attached hydrogen (secondary N) is 1. The Labute approximate surface area is 123 Å². The van der Waals surface area contributed by atoms with Crippen LogP contribution in [0.1, 0.15) is 27.0 Å². The average Bonchev–Trinajstić information content (AvgIpc) is 2.47. The summed E-state index contributed by atoms with van der Waals surface area (Å²) in [5.41, 5.74) is 3.91. The van der Waals surface area contributed by atoms with Gasteiger partial charge in [0.2, 0.25) is 0 Å². The van der Waals surface area contributed by atoms with Gasteiger partial charge in [-0.2, -0.15) is 0 Å². The molecular formula is C17H16N2O2. The second kappa shape index (κ2) is 6.69. The van der Waals surface area contributed by atoms with E-state index in [1.54, 1.807) is 30.6 Å². The van der Waals surface area contributed by atoms with Crippen LogP contribution in [0.2, 0.25) is 0 Å². The van der Waals surface area contributed by atoms with Gasteiger partial charge in [-0.25, -0.2) is 0 Å². The number of aliphatic hydroxyl groups excluding tert-OH is 1. The van der Waals surface area contributed by atoms with E-state index in [1.165, 1.54) is 0 Å². The topological polar surface area (TPSA) is 62.2 Å². The fourth-order valence-electron chi connectivity index (χ4n) is 1.90. The molecule has 0 aliphatic rings. The van der Waals surface area contributed by atoms with E-state index in [0.29, 0.717) is 5.56 Å². The third-order valence-corrected chi connectivity index (χ3v) is 2.92. The predicted molar refractivity (Wildman–Crippen MR) is 82.1 cm³/mol. The van der Waals surface area contributed by atoms with Crippen LogP contribution >= 0.6 is 0 Å². The highest BCUT2D eigenvalue weighted by Crippen LogP contribution is 2.17. The molecule has 0 spiro atoms. The predicted octanol–water partition coefficient (Wildman–Crippen LogP) is 2.29. The summed E-state index contributed by atoms with van der Waals surface area (Å²) in [6, 6.07) is 7.27. The lowest BCUT2D eigenvalue weighted by atomic mass is 10.1. The number of rotatable bonds is 2. The van der Waals surface area contributed by atoms with E-state index >= 15 is 0 Å². The van der Waals surface area contributed by atoms with Crippen molar-refractivity contribution in [3.63, 3.8) is 0 Å². The number of carbonyl (C=O) groups excluding carboxylic acids is 1. The number of aryl methyl sites for hydroxylation is 2. The van der Waals surface area contributed by atoms with Gasteiger partial charge in [0.25, 0.3) is 5.91 Å². The van der Waals surface area contributed by atoms with Gasteiger partial charge in [-0.1, -0.05) is 11.8 Å². The van der Waals surface area contributed by atoms with Crippen LogP contribution in [0.25, 0.3) is 0 Å². The van der Waals surface area contributed by atoms with Crippen LogP contribution in [0.3, 0.4) is 0 Å². The molecule has 0 bridgehead atoms. The number of aliphatic hydroxyl groups is 1. The fraction of sp³-hybridized carbons (Fsp3) is 0.176. The van der Waals surface area contributed by atoms with Crippen LogP contribution in [0.5, 0.6) is 0 Å². The summed E-state index contributed by atoms with van der Waals surface area (Å²) >= 11 is 0. The molecule has 1 aromatic heterocycles. The highest BCUT2D eigenvalue weighted by Gasteiger charge is 2.08. The Hall–Kier alpha value is -2.64. The number of carbonyl (C=O) groups is 1. The smallest absolute Gasteiger partial charge is 0.257 e. The second-order valence-electron chi connectivity index (χ2n) is 4.69. The van der Waals surface area contributed by atoms with Crippen molar-refractivity contribution in [2.75, 3.05) is 11.9 Å². The van der Waals surface area contributed by atoms with Crippen molar-refractivity contribution in [3.05, 3.63) is 58.9 Å². The van der Waals surface area contributed by atoms with Crippen molar-refractivity contribution >= 4 is 11.6 Å². The Kier molecular flexibility index (Phi) is 4.70. The third-order valence-electron chi connectivity index (χ3n) is 2.92. The van der Waals surface area contributed by atoms with Crippen LogP contribution in [0.15, 0.2) is 36.7 Å². The Balaban J connectivity index is 2.18. The molecule has 0 atom stereocenters. The van der Waals surface area contributed by atoms with Gasteiger partial charge in [0.05, 0.1) is 5.56 Å². The number of hydrogen-bond acceptors (Lipinski definition) is 3. The summed E-state index contributed by atoms with van der Waals surface area (Å²) in [6.45, 7) is 3.62. The molecule has 1 amide bonds. The van der Waals surface area contributed by atoms with Crippen LogP contribution in [0.4, 0.5) is 5.69 Å². The highest BCUT2D eigenvalue weighted by atomic mass is 16.2. The SMILES string of the molecule is Cc1cncc(C(=O)Nc2ccc(C#CCO)cc2C)c1. The first-order valence-corrected chi connectivity index (χ1v) is 6.53. The molecule has 2 aromatic rings. The molecular weight excluding hydrogens is 264 g/mol. The summed E-state index contributed by atoms with van der Waals surface area (Å²) in [6.07, 6.45) is 3.25. The Morgan fingerprint density at radius 3 is 2.76 bits per heavy atom. The van der Waals surface area contributed by atoms with Crippen molar-refractivity contribution in [2.24, 2.45) is 0 Å². The number of nitrogens with zero attached hydrogens (tertiary/aromatic N) is 1. The fourth-order valence-corrected chi connectivity index (χ4v) is 1.90. The van der Waals surface area contributed by atoms with Crippen LogP contribution < -0.4 is 5.32 Å². The standard InChI is InChI=1S/C17H16N2O2/c1-12-8-15(11-18-10-12)17(21)19-16-6-5-14(4-3-7-20)9-13(16)2/h5-6,8-11,20H,7H2,1-2H3,(H,19,21). The molecule has 0 saturated carbocycles. The summed E-state index contributed by atoms with van der Waals surface area (Å²) in [5, 5.41) is 11.5. The van der Waals surface area contributed by atoms with Gasteiger partial charge in [-0.05, 0) is 49.2 Å². The van der Waals surface area contributed by atoms with Gasteiger partial charge in [0.1, 0.15) is 6.61 Å². The lowest BCUT2D eigenvalue weighted by Crippen LogP contribution is -2.13. The van der Waals surface area contributed by atoms with Crippen molar-refractivity contribution in [2.45, 2.75) is 13.8 Å². The number of anilines is 1. The van der Waals surface area contributed by atoms with E-state index in [1.807, 2.05) is 19.9 Å². The summed E-state index contributed by atoms with van der Waals surface area (Å²) in [5.74, 6) is 5.23. The molecule has 0 aliphatic heterocycles. The van der Waals surface area contributed by atoms with Gasteiger partial charge < -0.3 is 10.4 Å². The van der Waals surface area contributed by atoms with E-state index in [4.69, 9.17) is 5.11 Å². The molecule has 21 heavy (non-hydrogen) atoms. The first kappa shape index (κ1) is 14.8. The molecule has 2 N–H and O–H groups in total. The molecule has 4 heteroatoms. The number of benzene rings is 1. The second-order valence-corrected chi connectivity index (χ2v) is 4.69. The molecule has 0 saturated heterocycles. The average molecular weight is 280 g/mol. The Morgan fingerprint density at radius 2 is 2.10 bits per heavy atom. The molecule has 1 aromatic carbocycles. The minimum absolute atomic E-state index is 0.169. The normalized spacial score (nSPS) is 9.67. The first-order valence-electron chi connectivity index (χ1n) is 6.53. The highest BCUT2D eigenvalue weighted by molar-refractivity contribution is 6.04. The lowest BCUT2D eigenvalue weighted by Gasteiger charge is -2.09. The molecule has 4 nitrogen and oxygen atoms in total. The first-order chi connectivity index (χ1) is 10.1. The number of hydrogen-bond donors (Lipinski definition) is 2. The zero-order chi connectivity index (χ0) is 15.2. The molecule has 2 rings (SSSR count). The van der Waals surface area contributed by atoms with Gasteiger partial charge in [-0.15, -0.1) is 0 Å². The van der Waals surface area contributed by atoms with E-state index < -0.39 is 0 Å². The summed E-state index contributed by atoms with van der Waals surface area (Å²) in [7, 11) is 0. The zero-order valence-corrected chi connectivity index (χ0v) is 12.0. The van der Waals surface area contributed by atoms with Crippen molar-refractivity contribution in [3.8, 4) is 11.8 Å². The molecule has 1 heterocycles. The zero-order valence-electron chi connectivity index (χ0n) is 12.0. The number of pyridine rings is 1. The largest absolute Gasteiger partial charge is 0.384 e. The van der Waals surface area contributed by atoms with E-state index in [-0.39, 0.29) is 12.5 Å². The molecule has 0 unspecified atom stereocenters. The van der Waals surface area contributed by atoms with Gasteiger partial charge >= 0.3 is 0 Å². The summed E-state index contributed by atoms with van der Waals surface area (Å²) < 4.78 is 0. The van der Waals surface area contributed by atoms with Crippen molar-refractivity contribution in [1.82, 2.24) is 4.98 Å². The van der Waals surface area contributed by atoms with Gasteiger partial charge in [0, 0.05) is 23.6 Å². The van der Waals surface area contributed by atoms with E-state index in [9.17, 15) is 4.79 Å². The maximum Gasteiger partial charge on any atom is 0.257 e. The number of aromatic nitrogens is 1. The van der Waals surface area contributed by atoms with Crippen LogP contribution in [0, 0.1) is 25.7 Å². The van der Waals surface area contributed by atoms with Crippen LogP contribution in [-0.2, 0) is 0 Å². The van der Waals surface area contributed by atoms with Gasteiger partial charge in [-0.3, -0.25) is 9.78 Å². The lowest BCUT2D eigenvalue weighted by molar-refractivity contribution is 0.102. The van der Waals surface area contributed by atoms with E-state index in [0.717, 1.165) is 22.4 Å². The Morgan fingerprint density at radius 1 is 1.29 bits per heavy atom. The van der Waals surface area contributed by atoms with Gasteiger partial charge in [0.15, 0.2) is 0 Å². The third kappa shape index (κ3) is 3.91. The van der Waals surface area contributed by atoms with Crippen molar-refractivity contribution < 1.29 is 9.90 Å². The monoisotopic (exact) mass is 280 g/mol. The number of amides is 1.